The van der Waals surface area contributed by atoms with Crippen LogP contribution in [0.5, 0.6) is 5.75 Å². The SMILES string of the molecule is COc1cc(N2CCN(C(=O)Cn3nc(-c4ncc[nH]4)c4cccnc43)[C@@H](C)C2)c(F)cc1CI. The molecule has 182 valence electrons. The first-order valence-electron chi connectivity index (χ1n) is 11.3. The van der Waals surface area contributed by atoms with Crippen molar-refractivity contribution in [1.29, 1.82) is 0 Å². The molecule has 0 radical (unpaired) electrons. The number of imidazole rings is 1. The fourth-order valence-corrected chi connectivity index (χ4v) is 5.17. The first-order chi connectivity index (χ1) is 17.0. The second-order valence-corrected chi connectivity index (χ2v) is 9.21. The van der Waals surface area contributed by atoms with E-state index in [1.165, 1.54) is 6.07 Å². The van der Waals surface area contributed by atoms with Crippen LogP contribution in [0.4, 0.5) is 10.1 Å². The number of halogens is 2. The predicted molar refractivity (Wildman–Crippen MR) is 139 cm³/mol. The van der Waals surface area contributed by atoms with Crippen molar-refractivity contribution < 1.29 is 13.9 Å². The minimum absolute atomic E-state index is 0.0588. The minimum Gasteiger partial charge on any atom is -0.496 e. The second kappa shape index (κ2) is 9.80. The number of carbonyl (C=O) groups is 1. The van der Waals surface area contributed by atoms with Crippen LogP contribution < -0.4 is 9.64 Å². The van der Waals surface area contributed by atoms with Gasteiger partial charge >= 0.3 is 0 Å². The molecule has 1 saturated heterocycles. The highest BCUT2D eigenvalue weighted by atomic mass is 127. The van der Waals surface area contributed by atoms with E-state index in [-0.39, 0.29) is 24.3 Å². The van der Waals surface area contributed by atoms with Gasteiger partial charge < -0.3 is 19.5 Å². The lowest BCUT2D eigenvalue weighted by Crippen LogP contribution is -2.55. The third-order valence-corrected chi connectivity index (χ3v) is 7.12. The number of hydrogen-bond donors (Lipinski definition) is 1. The number of nitrogens with zero attached hydrogens (tertiary/aromatic N) is 6. The van der Waals surface area contributed by atoms with Crippen LogP contribution in [0.15, 0.2) is 42.9 Å². The van der Waals surface area contributed by atoms with Gasteiger partial charge in [0, 0.05) is 60.3 Å². The lowest BCUT2D eigenvalue weighted by atomic mass is 10.1. The molecule has 3 aromatic heterocycles. The number of H-pyrrole nitrogens is 1. The number of hydrogen-bond acceptors (Lipinski definition) is 6. The lowest BCUT2D eigenvalue weighted by molar-refractivity contribution is -0.134. The Kier molecular flexibility index (Phi) is 6.58. The highest BCUT2D eigenvalue weighted by Crippen LogP contribution is 2.32. The van der Waals surface area contributed by atoms with Gasteiger partial charge in [0.15, 0.2) is 11.5 Å². The van der Waals surface area contributed by atoms with E-state index in [1.807, 2.05) is 28.9 Å². The third kappa shape index (κ3) is 4.44. The lowest BCUT2D eigenvalue weighted by Gasteiger charge is -2.41. The molecule has 1 aromatic carbocycles. The largest absolute Gasteiger partial charge is 0.496 e. The maximum atomic E-state index is 14.9. The molecule has 0 unspecified atom stereocenters. The molecular weight excluding hydrogens is 564 g/mol. The van der Waals surface area contributed by atoms with Gasteiger partial charge in [0.2, 0.25) is 5.91 Å². The number of pyridine rings is 1. The average molecular weight is 589 g/mol. The number of nitrogens with one attached hydrogen (secondary N) is 1. The van der Waals surface area contributed by atoms with Crippen molar-refractivity contribution in [1.82, 2.24) is 29.6 Å². The zero-order valence-electron chi connectivity index (χ0n) is 19.4. The summed E-state index contributed by atoms with van der Waals surface area (Å²) in [5.74, 6) is 0.968. The van der Waals surface area contributed by atoms with Gasteiger partial charge in [0.25, 0.3) is 0 Å². The Bertz CT molecular complexity index is 1360. The highest BCUT2D eigenvalue weighted by molar-refractivity contribution is 14.1. The van der Waals surface area contributed by atoms with Crippen LogP contribution in [0.2, 0.25) is 0 Å². The average Bonchev–Trinajstić information content (AvgIpc) is 3.52. The summed E-state index contributed by atoms with van der Waals surface area (Å²) >= 11 is 2.20. The number of alkyl halides is 1. The van der Waals surface area contributed by atoms with Crippen LogP contribution in [0.25, 0.3) is 22.6 Å². The van der Waals surface area contributed by atoms with Crippen molar-refractivity contribution in [3.05, 3.63) is 54.2 Å². The van der Waals surface area contributed by atoms with Gasteiger partial charge in [-0.15, -0.1) is 0 Å². The zero-order valence-corrected chi connectivity index (χ0v) is 21.6. The van der Waals surface area contributed by atoms with E-state index in [4.69, 9.17) is 4.74 Å². The van der Waals surface area contributed by atoms with Gasteiger partial charge in [0.1, 0.15) is 23.8 Å². The van der Waals surface area contributed by atoms with Crippen molar-refractivity contribution in [3.8, 4) is 17.3 Å². The predicted octanol–water partition coefficient (Wildman–Crippen LogP) is 3.64. The van der Waals surface area contributed by atoms with Gasteiger partial charge in [-0.3, -0.25) is 4.79 Å². The van der Waals surface area contributed by atoms with E-state index in [1.54, 1.807) is 36.4 Å². The van der Waals surface area contributed by atoms with Gasteiger partial charge in [-0.05, 0) is 25.1 Å². The van der Waals surface area contributed by atoms with E-state index >= 15 is 0 Å². The third-order valence-electron chi connectivity index (χ3n) is 6.30. The molecule has 35 heavy (non-hydrogen) atoms. The number of aromatic amines is 1. The molecule has 1 aliphatic rings. The normalized spacial score (nSPS) is 16.2. The molecule has 0 saturated carbocycles. The zero-order chi connectivity index (χ0) is 24.5. The van der Waals surface area contributed by atoms with Crippen LogP contribution in [0.3, 0.4) is 0 Å². The van der Waals surface area contributed by atoms with Crippen LogP contribution in [-0.4, -0.2) is 68.3 Å². The standard InChI is InChI=1S/C24H25FIN7O2/c1-15-13-31(19-11-20(35-2)16(12-26)10-18(19)25)8-9-32(15)21(34)14-33-24-17(4-3-5-29-24)22(30-33)23-27-6-7-28-23/h3-7,10-11,15H,8-9,12-14H2,1-2H3,(H,27,28)/t15-/m0/s1. The van der Waals surface area contributed by atoms with Crippen LogP contribution in [-0.2, 0) is 15.8 Å². The first kappa shape index (κ1) is 23.5. The second-order valence-electron chi connectivity index (χ2n) is 8.45. The van der Waals surface area contributed by atoms with E-state index in [2.05, 4.69) is 42.6 Å². The number of rotatable bonds is 6. The maximum Gasteiger partial charge on any atom is 0.244 e. The minimum atomic E-state index is -0.274. The Hall–Kier alpha value is -3.22. The summed E-state index contributed by atoms with van der Waals surface area (Å²) in [5, 5.41) is 5.47. The van der Waals surface area contributed by atoms with Gasteiger partial charge in [-0.25, -0.2) is 19.0 Å². The highest BCUT2D eigenvalue weighted by Gasteiger charge is 2.30. The molecule has 1 N–H and O–H groups in total. The number of amides is 1. The number of ether oxygens (including phenoxy) is 1. The molecule has 1 aliphatic heterocycles. The van der Waals surface area contributed by atoms with Crippen molar-refractivity contribution in [3.63, 3.8) is 0 Å². The summed E-state index contributed by atoms with van der Waals surface area (Å²) < 4.78 is 22.6. The van der Waals surface area contributed by atoms with E-state index in [9.17, 15) is 9.18 Å². The monoisotopic (exact) mass is 589 g/mol. The van der Waals surface area contributed by atoms with Gasteiger partial charge in [-0.2, -0.15) is 5.10 Å². The molecule has 1 amide bonds. The van der Waals surface area contributed by atoms with Crippen molar-refractivity contribution in [2.45, 2.75) is 23.9 Å². The Morgan fingerprint density at radius 1 is 1.29 bits per heavy atom. The van der Waals surface area contributed by atoms with E-state index in [0.717, 1.165) is 10.9 Å². The van der Waals surface area contributed by atoms with E-state index in [0.29, 0.717) is 52.7 Å². The molecule has 9 nitrogen and oxygen atoms in total. The van der Waals surface area contributed by atoms with Crippen molar-refractivity contribution in [2.24, 2.45) is 0 Å². The summed E-state index contributed by atoms with van der Waals surface area (Å²) in [5.41, 5.74) is 2.61. The summed E-state index contributed by atoms with van der Waals surface area (Å²) in [6.45, 7) is 3.56. The molecule has 0 aliphatic carbocycles. The number of fused-ring (bicyclic) bond motifs is 1. The summed E-state index contributed by atoms with van der Waals surface area (Å²) in [6.07, 6.45) is 5.08. The van der Waals surface area contributed by atoms with Crippen molar-refractivity contribution >= 4 is 45.2 Å². The summed E-state index contributed by atoms with van der Waals surface area (Å²) in [4.78, 5) is 28.9. The summed E-state index contributed by atoms with van der Waals surface area (Å²) in [6, 6.07) is 6.94. The van der Waals surface area contributed by atoms with Gasteiger partial charge in [-0.1, -0.05) is 22.6 Å². The summed E-state index contributed by atoms with van der Waals surface area (Å²) in [7, 11) is 1.59. The smallest absolute Gasteiger partial charge is 0.244 e. The van der Waals surface area contributed by atoms with Crippen LogP contribution >= 0.6 is 22.6 Å². The number of piperazine rings is 1. The fourth-order valence-electron chi connectivity index (χ4n) is 4.58. The van der Waals surface area contributed by atoms with Crippen LogP contribution in [0, 0.1) is 5.82 Å². The molecule has 11 heteroatoms. The quantitative estimate of drug-likeness (QED) is 0.273. The Labute approximate surface area is 215 Å². The number of benzene rings is 1. The Morgan fingerprint density at radius 2 is 2.14 bits per heavy atom. The van der Waals surface area contributed by atoms with E-state index < -0.39 is 0 Å². The first-order valence-corrected chi connectivity index (χ1v) is 12.8. The van der Waals surface area contributed by atoms with Crippen molar-refractivity contribution in [2.75, 3.05) is 31.6 Å². The van der Waals surface area contributed by atoms with Gasteiger partial charge in [0.05, 0.1) is 18.2 Å². The number of aromatic nitrogens is 5. The number of anilines is 1. The molecule has 4 heterocycles. The molecule has 0 spiro atoms. The van der Waals surface area contributed by atoms with Crippen LogP contribution in [0.1, 0.15) is 12.5 Å². The molecule has 1 fully saturated rings. The molecular formula is C24H25FIN7O2. The maximum absolute atomic E-state index is 14.9. The fraction of sp³-hybridized carbons (Fsp3) is 0.333. The molecule has 4 aromatic rings. The number of carbonyl (C=O) groups excluding carboxylic acids is 1. The Balaban J connectivity index is 1.34. The number of methoxy groups -OCH3 is 1. The molecule has 5 rings (SSSR count). The molecule has 0 bridgehead atoms. The topological polar surface area (TPSA) is 92.2 Å². The Morgan fingerprint density at radius 3 is 2.86 bits per heavy atom. The molecule has 1 atom stereocenters.